The van der Waals surface area contributed by atoms with Gasteiger partial charge in [-0.05, 0) is 60.3 Å². The number of nitrogens with zero attached hydrogens (tertiary/aromatic N) is 2. The minimum absolute atomic E-state index is 0.0973. The molecular weight excluding hydrogens is 348 g/mol. The van der Waals surface area contributed by atoms with Crippen LogP contribution in [0, 0.1) is 5.41 Å². The molecule has 0 fully saturated rings. The maximum absolute atomic E-state index is 12.0. The highest BCUT2D eigenvalue weighted by Crippen LogP contribution is 2.21. The van der Waals surface area contributed by atoms with Crippen molar-refractivity contribution in [2.75, 3.05) is 40.5 Å². The van der Waals surface area contributed by atoms with Crippen molar-refractivity contribution in [3.8, 4) is 0 Å². The molecule has 0 aromatic heterocycles. The summed E-state index contributed by atoms with van der Waals surface area (Å²) in [4.78, 5) is 16.5. The van der Waals surface area contributed by atoms with Gasteiger partial charge in [0.2, 0.25) is 0 Å². The Kier molecular flexibility index (Phi) is 16.9. The molecule has 4 nitrogen and oxygen atoms in total. The molecule has 0 aliphatic heterocycles. The first-order valence-corrected chi connectivity index (χ1v) is 11.9. The topological polar surface area (TPSA) is 32.8 Å². The molecule has 0 unspecified atom stereocenters. The van der Waals surface area contributed by atoms with Crippen molar-refractivity contribution < 1.29 is 9.53 Å². The van der Waals surface area contributed by atoms with Crippen LogP contribution in [0.5, 0.6) is 0 Å². The third-order valence-corrected chi connectivity index (χ3v) is 5.83. The van der Waals surface area contributed by atoms with Gasteiger partial charge < -0.3 is 9.64 Å². The van der Waals surface area contributed by atoms with Crippen molar-refractivity contribution >= 4 is 5.97 Å². The van der Waals surface area contributed by atoms with Gasteiger partial charge in [0.05, 0.1) is 5.41 Å². The van der Waals surface area contributed by atoms with E-state index in [2.05, 4.69) is 23.8 Å². The van der Waals surface area contributed by atoms with E-state index in [9.17, 15) is 4.79 Å². The average Bonchev–Trinajstić information content (AvgIpc) is 2.67. The van der Waals surface area contributed by atoms with Crippen LogP contribution in [0.3, 0.4) is 0 Å². The SMILES string of the molecule is CCCCCCCCCCCCN(C)CCCN(C)COC(=O)C(C)(C)CC. The summed E-state index contributed by atoms with van der Waals surface area (Å²) in [5, 5.41) is 0. The van der Waals surface area contributed by atoms with Crippen LogP contribution in [0.2, 0.25) is 0 Å². The lowest BCUT2D eigenvalue weighted by molar-refractivity contribution is -0.158. The predicted octanol–water partition coefficient (Wildman–Crippen LogP) is 6.10. The fourth-order valence-electron chi connectivity index (χ4n) is 3.16. The summed E-state index contributed by atoms with van der Waals surface area (Å²) in [5.74, 6) is -0.0973. The van der Waals surface area contributed by atoms with Gasteiger partial charge in [0.25, 0.3) is 0 Å². The Balaban J connectivity index is 3.52. The maximum atomic E-state index is 12.0. The van der Waals surface area contributed by atoms with E-state index in [1.165, 1.54) is 70.8 Å². The number of rotatable bonds is 19. The second-order valence-electron chi connectivity index (χ2n) is 9.22. The van der Waals surface area contributed by atoms with Crippen LogP contribution in [0.15, 0.2) is 0 Å². The molecule has 0 saturated heterocycles. The predicted molar refractivity (Wildman–Crippen MR) is 122 cm³/mol. The van der Waals surface area contributed by atoms with Gasteiger partial charge in [0.1, 0.15) is 6.73 Å². The highest BCUT2D eigenvalue weighted by Gasteiger charge is 2.27. The summed E-state index contributed by atoms with van der Waals surface area (Å²) in [6, 6.07) is 0. The van der Waals surface area contributed by atoms with Gasteiger partial charge in [-0.2, -0.15) is 0 Å². The molecule has 0 aromatic carbocycles. The first-order chi connectivity index (χ1) is 13.3. The largest absolute Gasteiger partial charge is 0.449 e. The third kappa shape index (κ3) is 15.3. The lowest BCUT2D eigenvalue weighted by atomic mass is 9.91. The van der Waals surface area contributed by atoms with Gasteiger partial charge in [-0.15, -0.1) is 0 Å². The fourth-order valence-corrected chi connectivity index (χ4v) is 3.16. The molecule has 0 aliphatic rings. The Morgan fingerprint density at radius 3 is 1.71 bits per heavy atom. The molecule has 0 radical (unpaired) electrons. The number of unbranched alkanes of at least 4 members (excludes halogenated alkanes) is 9. The van der Waals surface area contributed by atoms with Gasteiger partial charge in [0, 0.05) is 6.54 Å². The summed E-state index contributed by atoms with van der Waals surface area (Å²) in [5.41, 5.74) is -0.379. The fraction of sp³-hybridized carbons (Fsp3) is 0.958. The van der Waals surface area contributed by atoms with E-state index in [0.29, 0.717) is 6.73 Å². The Morgan fingerprint density at radius 1 is 0.714 bits per heavy atom. The number of ether oxygens (including phenoxy) is 1. The zero-order valence-corrected chi connectivity index (χ0v) is 20.0. The van der Waals surface area contributed by atoms with E-state index in [0.717, 1.165) is 25.9 Å². The van der Waals surface area contributed by atoms with Crippen molar-refractivity contribution in [2.24, 2.45) is 5.41 Å². The molecule has 0 spiro atoms. The first kappa shape index (κ1) is 27.4. The molecule has 0 bridgehead atoms. The molecule has 0 N–H and O–H groups in total. The summed E-state index contributed by atoms with van der Waals surface area (Å²) >= 11 is 0. The van der Waals surface area contributed by atoms with Crippen molar-refractivity contribution in [1.82, 2.24) is 9.80 Å². The standard InChI is InChI=1S/C24H50N2O2/c1-7-9-10-11-12-13-14-15-16-17-19-25(5)20-18-21-26(6)22-28-23(27)24(3,4)8-2/h7-22H2,1-6H3. The van der Waals surface area contributed by atoms with Crippen LogP contribution in [0.25, 0.3) is 0 Å². The van der Waals surface area contributed by atoms with Crippen molar-refractivity contribution in [1.29, 1.82) is 0 Å². The smallest absolute Gasteiger partial charge is 0.312 e. The van der Waals surface area contributed by atoms with Crippen LogP contribution >= 0.6 is 0 Å². The molecule has 0 rings (SSSR count). The molecule has 0 saturated carbocycles. The van der Waals surface area contributed by atoms with Gasteiger partial charge >= 0.3 is 5.97 Å². The van der Waals surface area contributed by atoms with Gasteiger partial charge in [-0.1, -0.05) is 71.6 Å². The lowest BCUT2D eigenvalue weighted by Gasteiger charge is -2.24. The summed E-state index contributed by atoms with van der Waals surface area (Å²) in [6.45, 7) is 11.8. The highest BCUT2D eigenvalue weighted by atomic mass is 16.5. The minimum Gasteiger partial charge on any atom is -0.449 e. The number of carbonyl (C=O) groups is 1. The van der Waals surface area contributed by atoms with E-state index >= 15 is 0 Å². The zero-order chi connectivity index (χ0) is 21.3. The quantitative estimate of drug-likeness (QED) is 0.149. The Labute approximate surface area is 176 Å². The van der Waals surface area contributed by atoms with E-state index in [1.54, 1.807) is 0 Å². The zero-order valence-electron chi connectivity index (χ0n) is 20.0. The van der Waals surface area contributed by atoms with E-state index < -0.39 is 0 Å². The molecule has 0 aliphatic carbocycles. The lowest BCUT2D eigenvalue weighted by Crippen LogP contribution is -2.32. The van der Waals surface area contributed by atoms with Crippen LogP contribution in [-0.4, -0.2) is 56.2 Å². The second-order valence-corrected chi connectivity index (χ2v) is 9.22. The van der Waals surface area contributed by atoms with Crippen LogP contribution in [-0.2, 0) is 9.53 Å². The van der Waals surface area contributed by atoms with Crippen LogP contribution < -0.4 is 0 Å². The highest BCUT2D eigenvalue weighted by molar-refractivity contribution is 5.75. The van der Waals surface area contributed by atoms with E-state index in [4.69, 9.17) is 4.74 Å². The Hall–Kier alpha value is -0.610. The summed E-state index contributed by atoms with van der Waals surface area (Å²) < 4.78 is 5.43. The first-order valence-electron chi connectivity index (χ1n) is 11.9. The summed E-state index contributed by atoms with van der Waals surface area (Å²) in [6.07, 6.45) is 15.9. The third-order valence-electron chi connectivity index (χ3n) is 5.83. The van der Waals surface area contributed by atoms with Gasteiger partial charge in [-0.25, -0.2) is 0 Å². The number of esters is 1. The monoisotopic (exact) mass is 398 g/mol. The maximum Gasteiger partial charge on any atom is 0.312 e. The molecule has 168 valence electrons. The van der Waals surface area contributed by atoms with Gasteiger partial charge in [0.15, 0.2) is 0 Å². The van der Waals surface area contributed by atoms with Crippen molar-refractivity contribution in [3.05, 3.63) is 0 Å². The number of hydrogen-bond donors (Lipinski definition) is 0. The number of hydrogen-bond acceptors (Lipinski definition) is 4. The summed E-state index contributed by atoms with van der Waals surface area (Å²) in [7, 11) is 4.24. The molecule has 0 aromatic rings. The molecule has 0 atom stereocenters. The normalized spacial score (nSPS) is 12.1. The second kappa shape index (κ2) is 17.3. The van der Waals surface area contributed by atoms with Crippen LogP contribution in [0.1, 0.15) is 105 Å². The average molecular weight is 399 g/mol. The minimum atomic E-state index is -0.379. The van der Waals surface area contributed by atoms with Crippen LogP contribution in [0.4, 0.5) is 0 Å². The van der Waals surface area contributed by atoms with Crippen molar-refractivity contribution in [2.45, 2.75) is 105 Å². The Morgan fingerprint density at radius 2 is 1.18 bits per heavy atom. The van der Waals surface area contributed by atoms with Crippen molar-refractivity contribution in [3.63, 3.8) is 0 Å². The molecule has 0 heterocycles. The number of carbonyl (C=O) groups excluding carboxylic acids is 1. The molecule has 28 heavy (non-hydrogen) atoms. The molecular formula is C24H50N2O2. The molecule has 4 heteroatoms. The van der Waals surface area contributed by atoms with E-state index in [1.807, 2.05) is 27.8 Å². The van der Waals surface area contributed by atoms with Gasteiger partial charge in [-0.3, -0.25) is 9.69 Å². The Bertz CT molecular complexity index is 372. The molecule has 0 amide bonds. The van der Waals surface area contributed by atoms with E-state index in [-0.39, 0.29) is 11.4 Å².